The van der Waals surface area contributed by atoms with Crippen molar-refractivity contribution < 1.29 is 9.18 Å². The van der Waals surface area contributed by atoms with Gasteiger partial charge in [-0.1, -0.05) is 18.2 Å². The Morgan fingerprint density at radius 1 is 1.32 bits per heavy atom. The summed E-state index contributed by atoms with van der Waals surface area (Å²) in [5.41, 5.74) is -0.946. The van der Waals surface area contributed by atoms with Crippen molar-refractivity contribution in [1.82, 2.24) is 19.7 Å². The standard InChI is InChI=1S/C16H14FN5O3/c1-9-6-13(21-20-9)19-14(23)11-7-18-16(25)22(15(11)24)8-10-4-2-3-5-12(10)17/h2-7H,8H2,1H3,(H,18,25)(H2,19,20,21,23). The fraction of sp³-hybridized carbons (Fsp3) is 0.125. The summed E-state index contributed by atoms with van der Waals surface area (Å²) in [4.78, 5) is 39.0. The first-order chi connectivity index (χ1) is 12.0. The Morgan fingerprint density at radius 2 is 2.08 bits per heavy atom. The van der Waals surface area contributed by atoms with Crippen molar-refractivity contribution in [2.24, 2.45) is 0 Å². The molecule has 2 aromatic heterocycles. The van der Waals surface area contributed by atoms with Crippen LogP contribution in [-0.4, -0.2) is 25.7 Å². The van der Waals surface area contributed by atoms with E-state index in [1.165, 1.54) is 18.2 Å². The molecule has 3 N–H and O–H groups in total. The predicted octanol–water partition coefficient (Wildman–Crippen LogP) is 1.01. The van der Waals surface area contributed by atoms with Gasteiger partial charge in [-0.15, -0.1) is 0 Å². The molecule has 1 amide bonds. The Balaban J connectivity index is 1.94. The summed E-state index contributed by atoms with van der Waals surface area (Å²) in [6, 6.07) is 7.36. The van der Waals surface area contributed by atoms with Crippen molar-refractivity contribution in [2.75, 3.05) is 5.32 Å². The second-order valence-corrected chi connectivity index (χ2v) is 5.38. The zero-order valence-corrected chi connectivity index (χ0v) is 13.2. The van der Waals surface area contributed by atoms with Crippen LogP contribution in [0.5, 0.6) is 0 Å². The van der Waals surface area contributed by atoms with Crippen LogP contribution in [0.2, 0.25) is 0 Å². The van der Waals surface area contributed by atoms with Gasteiger partial charge in [-0.05, 0) is 13.0 Å². The van der Waals surface area contributed by atoms with E-state index in [-0.39, 0.29) is 23.5 Å². The van der Waals surface area contributed by atoms with E-state index in [1.54, 1.807) is 19.1 Å². The van der Waals surface area contributed by atoms with Gasteiger partial charge in [0.25, 0.3) is 11.5 Å². The summed E-state index contributed by atoms with van der Waals surface area (Å²) < 4.78 is 14.5. The summed E-state index contributed by atoms with van der Waals surface area (Å²) in [7, 11) is 0. The largest absolute Gasteiger partial charge is 0.328 e. The van der Waals surface area contributed by atoms with E-state index in [1.807, 2.05) is 0 Å². The van der Waals surface area contributed by atoms with Gasteiger partial charge in [0.05, 0.1) is 6.54 Å². The number of nitrogens with one attached hydrogen (secondary N) is 3. The highest BCUT2D eigenvalue weighted by atomic mass is 19.1. The minimum atomic E-state index is -0.822. The van der Waals surface area contributed by atoms with E-state index in [4.69, 9.17) is 0 Å². The molecule has 0 aliphatic heterocycles. The maximum atomic E-state index is 13.8. The topological polar surface area (TPSA) is 113 Å². The Bertz CT molecular complexity index is 1050. The Morgan fingerprint density at radius 3 is 2.76 bits per heavy atom. The lowest BCUT2D eigenvalue weighted by atomic mass is 10.2. The molecule has 8 nitrogen and oxygen atoms in total. The molecule has 0 bridgehead atoms. The van der Waals surface area contributed by atoms with Gasteiger partial charge in [-0.25, -0.2) is 9.18 Å². The van der Waals surface area contributed by atoms with Gasteiger partial charge < -0.3 is 10.3 Å². The lowest BCUT2D eigenvalue weighted by Crippen LogP contribution is -2.39. The summed E-state index contributed by atoms with van der Waals surface area (Å²) in [5.74, 6) is -1.03. The lowest BCUT2D eigenvalue weighted by molar-refractivity contribution is 0.102. The molecule has 0 spiro atoms. The molecule has 3 aromatic rings. The first-order valence-corrected chi connectivity index (χ1v) is 7.35. The van der Waals surface area contributed by atoms with Crippen molar-refractivity contribution in [1.29, 1.82) is 0 Å². The highest BCUT2D eigenvalue weighted by molar-refractivity contribution is 6.03. The molecule has 9 heteroatoms. The van der Waals surface area contributed by atoms with Crippen LogP contribution in [0.25, 0.3) is 0 Å². The number of aromatic amines is 2. The Hall–Kier alpha value is -3.49. The second-order valence-electron chi connectivity index (χ2n) is 5.38. The van der Waals surface area contributed by atoms with Gasteiger partial charge in [0.15, 0.2) is 5.82 Å². The van der Waals surface area contributed by atoms with E-state index >= 15 is 0 Å². The highest BCUT2D eigenvalue weighted by Crippen LogP contribution is 2.07. The van der Waals surface area contributed by atoms with Gasteiger partial charge in [-0.2, -0.15) is 5.10 Å². The number of halogens is 1. The number of anilines is 1. The van der Waals surface area contributed by atoms with Gasteiger partial charge in [0, 0.05) is 23.5 Å². The van der Waals surface area contributed by atoms with E-state index in [2.05, 4.69) is 20.5 Å². The minimum Gasteiger partial charge on any atom is -0.313 e. The number of rotatable bonds is 4. The van der Waals surface area contributed by atoms with Crippen LogP contribution < -0.4 is 16.6 Å². The number of hydrogen-bond acceptors (Lipinski definition) is 4. The summed E-state index contributed by atoms with van der Waals surface area (Å²) in [6.07, 6.45) is 1.03. The van der Waals surface area contributed by atoms with Gasteiger partial charge >= 0.3 is 5.69 Å². The predicted molar refractivity (Wildman–Crippen MR) is 88.1 cm³/mol. The molecule has 1 aromatic carbocycles. The molecule has 128 valence electrons. The van der Waals surface area contributed by atoms with Crippen molar-refractivity contribution in [2.45, 2.75) is 13.5 Å². The number of carbonyl (C=O) groups is 1. The van der Waals surface area contributed by atoms with Crippen LogP contribution >= 0.6 is 0 Å². The molecule has 0 aliphatic rings. The summed E-state index contributed by atoms with van der Waals surface area (Å²) >= 11 is 0. The van der Waals surface area contributed by atoms with Crippen LogP contribution in [-0.2, 0) is 6.54 Å². The molecule has 0 aliphatic carbocycles. The number of aryl methyl sites for hydroxylation is 1. The molecule has 0 atom stereocenters. The third-order valence-corrected chi connectivity index (χ3v) is 3.54. The quantitative estimate of drug-likeness (QED) is 0.656. The Kier molecular flexibility index (Phi) is 4.29. The van der Waals surface area contributed by atoms with E-state index in [0.717, 1.165) is 16.5 Å². The number of hydrogen-bond donors (Lipinski definition) is 3. The lowest BCUT2D eigenvalue weighted by Gasteiger charge is -2.08. The number of aromatic nitrogens is 4. The molecule has 2 heterocycles. The van der Waals surface area contributed by atoms with Crippen LogP contribution in [0.1, 0.15) is 21.6 Å². The SMILES string of the molecule is Cc1cc(NC(=O)c2c[nH]c(=O)n(Cc3ccccc3F)c2=O)n[nH]1. The zero-order chi connectivity index (χ0) is 18.0. The molecular formula is C16H14FN5O3. The van der Waals surface area contributed by atoms with E-state index in [0.29, 0.717) is 0 Å². The first-order valence-electron chi connectivity index (χ1n) is 7.35. The summed E-state index contributed by atoms with van der Waals surface area (Å²) in [6.45, 7) is 1.47. The van der Waals surface area contributed by atoms with Crippen LogP contribution in [0, 0.1) is 12.7 Å². The fourth-order valence-corrected chi connectivity index (χ4v) is 2.28. The third-order valence-electron chi connectivity index (χ3n) is 3.54. The number of H-pyrrole nitrogens is 2. The maximum Gasteiger partial charge on any atom is 0.328 e. The third kappa shape index (κ3) is 3.39. The van der Waals surface area contributed by atoms with Gasteiger partial charge in [0.2, 0.25) is 0 Å². The molecule has 3 rings (SSSR count). The summed E-state index contributed by atoms with van der Waals surface area (Å²) in [5, 5.41) is 8.95. The number of amides is 1. The molecular weight excluding hydrogens is 329 g/mol. The average molecular weight is 343 g/mol. The molecule has 0 radical (unpaired) electrons. The van der Waals surface area contributed by atoms with Crippen LogP contribution in [0.3, 0.4) is 0 Å². The molecule has 0 fully saturated rings. The van der Waals surface area contributed by atoms with Crippen LogP contribution in [0.15, 0.2) is 46.1 Å². The van der Waals surface area contributed by atoms with Crippen LogP contribution in [0.4, 0.5) is 10.2 Å². The second kappa shape index (κ2) is 6.56. The van der Waals surface area contributed by atoms with Crippen molar-refractivity contribution in [3.63, 3.8) is 0 Å². The maximum absolute atomic E-state index is 13.8. The molecule has 25 heavy (non-hydrogen) atoms. The first kappa shape index (κ1) is 16.4. The highest BCUT2D eigenvalue weighted by Gasteiger charge is 2.16. The van der Waals surface area contributed by atoms with Crippen molar-refractivity contribution in [3.8, 4) is 0 Å². The normalized spacial score (nSPS) is 10.6. The van der Waals surface area contributed by atoms with Gasteiger partial charge in [-0.3, -0.25) is 19.3 Å². The Labute approximate surface area is 140 Å². The van der Waals surface area contributed by atoms with Crippen molar-refractivity contribution >= 4 is 11.7 Å². The van der Waals surface area contributed by atoms with Gasteiger partial charge in [0.1, 0.15) is 11.4 Å². The minimum absolute atomic E-state index is 0.163. The monoisotopic (exact) mass is 343 g/mol. The average Bonchev–Trinajstić information content (AvgIpc) is 2.98. The molecule has 0 saturated heterocycles. The zero-order valence-electron chi connectivity index (χ0n) is 13.2. The van der Waals surface area contributed by atoms with E-state index in [9.17, 15) is 18.8 Å². The van der Waals surface area contributed by atoms with Crippen molar-refractivity contribution in [3.05, 3.63) is 80.0 Å². The fourth-order valence-electron chi connectivity index (χ4n) is 2.28. The smallest absolute Gasteiger partial charge is 0.313 e. The molecule has 0 unspecified atom stereocenters. The molecule has 0 saturated carbocycles. The number of benzene rings is 1. The number of nitrogens with zero attached hydrogens (tertiary/aromatic N) is 2. The number of carbonyl (C=O) groups excluding carboxylic acids is 1. The van der Waals surface area contributed by atoms with E-state index < -0.39 is 23.0 Å².